The molecule has 0 saturated heterocycles. The van der Waals surface area contributed by atoms with Crippen LogP contribution < -0.4 is 14.9 Å². The van der Waals surface area contributed by atoms with Crippen LogP contribution in [0.15, 0.2) is 52.7 Å². The molecule has 142 valence electrons. The van der Waals surface area contributed by atoms with Gasteiger partial charge in [0.05, 0.1) is 12.3 Å². The first-order valence-corrected chi connectivity index (χ1v) is 10.3. The number of nitrogens with zero attached hydrogens (tertiary/aromatic N) is 2. The molecule has 3 heterocycles. The van der Waals surface area contributed by atoms with Gasteiger partial charge in [-0.25, -0.2) is 0 Å². The van der Waals surface area contributed by atoms with E-state index in [1.165, 1.54) is 16.5 Å². The highest BCUT2D eigenvalue weighted by Crippen LogP contribution is 2.32. The van der Waals surface area contributed by atoms with Gasteiger partial charge in [0.25, 0.3) is 0 Å². The van der Waals surface area contributed by atoms with Gasteiger partial charge < -0.3 is 14.5 Å². The topological polar surface area (TPSA) is 71.0 Å². The smallest absolute Gasteiger partial charge is 0.231 e. The predicted octanol–water partition coefficient (Wildman–Crippen LogP) is 4.06. The summed E-state index contributed by atoms with van der Waals surface area (Å²) in [7, 11) is 0. The Hall–Kier alpha value is -2.93. The maximum atomic E-state index is 5.42. The largest absolute Gasteiger partial charge is 0.454 e. The molecule has 5 rings (SSSR count). The van der Waals surface area contributed by atoms with E-state index in [2.05, 4.69) is 51.8 Å². The highest BCUT2D eigenvalue weighted by molar-refractivity contribution is 8.14. The SMILES string of the molecule is CCc1cccc2c(C3=NNC(=NCc4ccc5c(c4)OCO5)SC3)c[nH]c12. The molecule has 0 unspecified atom stereocenters. The Kier molecular flexibility index (Phi) is 4.44. The summed E-state index contributed by atoms with van der Waals surface area (Å²) in [6.45, 7) is 3.03. The molecule has 2 aliphatic heterocycles. The van der Waals surface area contributed by atoms with Gasteiger partial charge in [0, 0.05) is 28.4 Å². The lowest BCUT2D eigenvalue weighted by Crippen LogP contribution is -2.25. The number of hydrazone groups is 1. The van der Waals surface area contributed by atoms with Crippen LogP contribution in [-0.2, 0) is 13.0 Å². The van der Waals surface area contributed by atoms with Crippen molar-refractivity contribution in [3.8, 4) is 11.5 Å². The Bertz CT molecular complexity index is 1100. The molecule has 0 spiro atoms. The van der Waals surface area contributed by atoms with Gasteiger partial charge in [0.1, 0.15) is 0 Å². The molecule has 2 N–H and O–H groups in total. The van der Waals surface area contributed by atoms with Gasteiger partial charge in [-0.1, -0.05) is 43.0 Å². The van der Waals surface area contributed by atoms with Crippen molar-refractivity contribution in [2.24, 2.45) is 10.1 Å². The Balaban J connectivity index is 1.32. The zero-order chi connectivity index (χ0) is 18.9. The highest BCUT2D eigenvalue weighted by Gasteiger charge is 2.17. The van der Waals surface area contributed by atoms with Gasteiger partial charge in [-0.3, -0.25) is 10.4 Å². The fourth-order valence-electron chi connectivity index (χ4n) is 3.49. The van der Waals surface area contributed by atoms with E-state index in [1.54, 1.807) is 11.8 Å². The molecule has 3 aromatic rings. The molecule has 0 bridgehead atoms. The lowest BCUT2D eigenvalue weighted by Gasteiger charge is -2.14. The van der Waals surface area contributed by atoms with E-state index in [0.29, 0.717) is 6.54 Å². The summed E-state index contributed by atoms with van der Waals surface area (Å²) in [5, 5.41) is 6.63. The summed E-state index contributed by atoms with van der Waals surface area (Å²) in [6, 6.07) is 12.3. The molecule has 0 amide bonds. The maximum absolute atomic E-state index is 5.42. The highest BCUT2D eigenvalue weighted by atomic mass is 32.2. The van der Waals surface area contributed by atoms with Crippen LogP contribution >= 0.6 is 11.8 Å². The normalized spacial score (nSPS) is 17.0. The van der Waals surface area contributed by atoms with Crippen molar-refractivity contribution >= 4 is 33.5 Å². The summed E-state index contributed by atoms with van der Waals surface area (Å²) < 4.78 is 10.8. The molecule has 0 aliphatic carbocycles. The van der Waals surface area contributed by atoms with Crippen LogP contribution in [0.5, 0.6) is 11.5 Å². The third kappa shape index (κ3) is 3.11. The first-order chi connectivity index (χ1) is 13.8. The molecule has 7 heteroatoms. The number of hydrogen-bond donors (Lipinski definition) is 2. The van der Waals surface area contributed by atoms with Gasteiger partial charge in [0.15, 0.2) is 16.7 Å². The van der Waals surface area contributed by atoms with Crippen molar-refractivity contribution in [1.82, 2.24) is 10.4 Å². The molecule has 0 fully saturated rings. The van der Waals surface area contributed by atoms with Crippen molar-refractivity contribution < 1.29 is 9.47 Å². The van der Waals surface area contributed by atoms with Crippen molar-refractivity contribution in [1.29, 1.82) is 0 Å². The van der Waals surface area contributed by atoms with E-state index in [0.717, 1.165) is 45.7 Å². The predicted molar refractivity (Wildman–Crippen MR) is 114 cm³/mol. The van der Waals surface area contributed by atoms with Crippen LogP contribution in [-0.4, -0.2) is 28.4 Å². The second kappa shape index (κ2) is 7.24. The molecule has 0 saturated carbocycles. The van der Waals surface area contributed by atoms with Gasteiger partial charge in [-0.15, -0.1) is 0 Å². The summed E-state index contributed by atoms with van der Waals surface area (Å²) in [4.78, 5) is 8.05. The quantitative estimate of drug-likeness (QED) is 0.703. The number of thioether (sulfide) groups is 1. The lowest BCUT2D eigenvalue weighted by atomic mass is 10.1. The van der Waals surface area contributed by atoms with Gasteiger partial charge >= 0.3 is 0 Å². The van der Waals surface area contributed by atoms with Crippen molar-refractivity contribution in [2.45, 2.75) is 19.9 Å². The Morgan fingerprint density at radius 2 is 2.11 bits per heavy atom. The number of para-hydroxylation sites is 1. The van der Waals surface area contributed by atoms with Crippen LogP contribution in [0, 0.1) is 0 Å². The van der Waals surface area contributed by atoms with E-state index in [1.807, 2.05) is 18.2 Å². The molecule has 0 radical (unpaired) electrons. The van der Waals surface area contributed by atoms with Crippen LogP contribution in [0.3, 0.4) is 0 Å². The van der Waals surface area contributed by atoms with Gasteiger partial charge in [-0.2, -0.15) is 5.10 Å². The molecule has 28 heavy (non-hydrogen) atoms. The Morgan fingerprint density at radius 3 is 2.96 bits per heavy atom. The van der Waals surface area contributed by atoms with E-state index in [4.69, 9.17) is 9.47 Å². The van der Waals surface area contributed by atoms with E-state index in [-0.39, 0.29) is 6.79 Å². The standard InChI is InChI=1S/C21H20N4O2S/c1-2-14-4-3-5-15-16(10-22-20(14)15)17-11-28-21(25-24-17)23-9-13-6-7-18-19(8-13)27-12-26-18/h3-8,10,22H,2,9,11-12H2,1H3,(H,23,25). The third-order valence-corrected chi connectivity index (χ3v) is 5.88. The average Bonchev–Trinajstić information content (AvgIpc) is 3.39. The molecule has 1 aromatic heterocycles. The number of benzene rings is 2. The minimum absolute atomic E-state index is 0.287. The number of amidine groups is 1. The summed E-state index contributed by atoms with van der Waals surface area (Å²) >= 11 is 1.67. The first-order valence-electron chi connectivity index (χ1n) is 9.29. The number of ether oxygens (including phenoxy) is 2. The van der Waals surface area contributed by atoms with E-state index < -0.39 is 0 Å². The summed E-state index contributed by atoms with van der Waals surface area (Å²) in [5.74, 6) is 2.37. The summed E-state index contributed by atoms with van der Waals surface area (Å²) in [5.41, 5.74) is 8.90. The van der Waals surface area contributed by atoms with E-state index >= 15 is 0 Å². The number of fused-ring (bicyclic) bond motifs is 2. The number of rotatable bonds is 4. The summed E-state index contributed by atoms with van der Waals surface area (Å²) in [6.07, 6.45) is 3.06. The lowest BCUT2D eigenvalue weighted by molar-refractivity contribution is 0.174. The van der Waals surface area contributed by atoms with E-state index in [9.17, 15) is 0 Å². The third-order valence-electron chi connectivity index (χ3n) is 4.97. The minimum atomic E-state index is 0.287. The molecule has 2 aromatic carbocycles. The zero-order valence-corrected chi connectivity index (χ0v) is 16.3. The Labute approximate surface area is 167 Å². The fraction of sp³-hybridized carbons (Fsp3) is 0.238. The number of aromatic amines is 1. The second-order valence-corrected chi connectivity index (χ2v) is 7.63. The average molecular weight is 392 g/mol. The number of hydrogen-bond acceptors (Lipinski definition) is 5. The van der Waals surface area contributed by atoms with Crippen LogP contribution in [0.2, 0.25) is 0 Å². The maximum Gasteiger partial charge on any atom is 0.231 e. The number of aliphatic imine (C=N–C) groups is 1. The molecule has 0 atom stereocenters. The number of aromatic nitrogens is 1. The first kappa shape index (κ1) is 17.2. The van der Waals surface area contributed by atoms with Crippen molar-refractivity contribution in [3.05, 3.63) is 59.3 Å². The Morgan fingerprint density at radius 1 is 1.18 bits per heavy atom. The van der Waals surface area contributed by atoms with Crippen LogP contribution in [0.25, 0.3) is 10.9 Å². The van der Waals surface area contributed by atoms with Gasteiger partial charge in [0.2, 0.25) is 6.79 Å². The molecule has 2 aliphatic rings. The zero-order valence-electron chi connectivity index (χ0n) is 15.5. The monoisotopic (exact) mass is 392 g/mol. The van der Waals surface area contributed by atoms with Crippen LogP contribution in [0.4, 0.5) is 0 Å². The number of H-pyrrole nitrogens is 1. The molecular weight excluding hydrogens is 372 g/mol. The molecular formula is C21H20N4O2S. The van der Waals surface area contributed by atoms with Crippen molar-refractivity contribution in [3.63, 3.8) is 0 Å². The molecule has 6 nitrogen and oxygen atoms in total. The van der Waals surface area contributed by atoms with Gasteiger partial charge in [-0.05, 0) is 29.7 Å². The number of aryl methyl sites for hydroxylation is 1. The second-order valence-electron chi connectivity index (χ2n) is 6.66. The van der Waals surface area contributed by atoms with Crippen molar-refractivity contribution in [2.75, 3.05) is 12.5 Å². The number of nitrogens with one attached hydrogen (secondary N) is 2. The minimum Gasteiger partial charge on any atom is -0.454 e. The van der Waals surface area contributed by atoms with Crippen LogP contribution in [0.1, 0.15) is 23.6 Å². The fourth-order valence-corrected chi connectivity index (χ4v) is 4.25.